The molecule has 32 heavy (non-hydrogen) atoms. The molecule has 1 unspecified atom stereocenters. The zero-order valence-corrected chi connectivity index (χ0v) is 18.2. The van der Waals surface area contributed by atoms with E-state index < -0.39 is 16.9 Å². The Hall–Kier alpha value is -3.52. The third-order valence-electron chi connectivity index (χ3n) is 5.51. The Kier molecular flexibility index (Phi) is 5.80. The lowest BCUT2D eigenvalue weighted by atomic mass is 9.97. The number of nitro groups is 1. The van der Waals surface area contributed by atoms with Gasteiger partial charge >= 0.3 is 0 Å². The topological polar surface area (TPSA) is 103 Å². The van der Waals surface area contributed by atoms with Crippen LogP contribution in [0, 0.1) is 17.0 Å². The number of nitro benzene ring substituents is 1. The maximum Gasteiger partial charge on any atom is 0.290 e. The van der Waals surface area contributed by atoms with Crippen LogP contribution in [0.15, 0.2) is 51.7 Å². The molecule has 2 heterocycles. The van der Waals surface area contributed by atoms with Gasteiger partial charge in [-0.15, -0.1) is 0 Å². The molecule has 0 fully saturated rings. The normalized spacial score (nSPS) is 15.6. The Morgan fingerprint density at radius 2 is 1.97 bits per heavy atom. The van der Waals surface area contributed by atoms with Crippen LogP contribution in [0.4, 0.5) is 5.69 Å². The van der Waals surface area contributed by atoms with Crippen molar-refractivity contribution in [3.8, 4) is 0 Å². The van der Waals surface area contributed by atoms with Crippen molar-refractivity contribution in [2.75, 3.05) is 13.2 Å². The lowest BCUT2D eigenvalue weighted by molar-refractivity contribution is -0.384. The van der Waals surface area contributed by atoms with Crippen LogP contribution in [0.25, 0.3) is 11.0 Å². The highest BCUT2D eigenvalue weighted by atomic mass is 16.6. The molecule has 166 valence electrons. The predicted octanol–water partition coefficient (Wildman–Crippen LogP) is 4.37. The minimum atomic E-state index is -0.766. The molecule has 8 nitrogen and oxygen atoms in total. The average Bonchev–Trinajstić information content (AvgIpc) is 3.04. The SMILES string of the molecule is Cc1ccc2oc3c(c(=O)c2c1)C(c1cccc([N+](=O)[O-])c1)N(CCCOC(C)C)C3=O. The molecule has 0 spiro atoms. The van der Waals surface area contributed by atoms with Crippen LogP contribution in [-0.4, -0.2) is 35.0 Å². The van der Waals surface area contributed by atoms with Gasteiger partial charge in [-0.25, -0.2) is 0 Å². The van der Waals surface area contributed by atoms with Crippen molar-refractivity contribution in [2.24, 2.45) is 0 Å². The molecule has 1 aliphatic heterocycles. The Morgan fingerprint density at radius 3 is 2.69 bits per heavy atom. The number of non-ortho nitro benzene ring substituents is 1. The van der Waals surface area contributed by atoms with Crippen LogP contribution in [-0.2, 0) is 4.74 Å². The van der Waals surface area contributed by atoms with E-state index in [0.717, 1.165) is 5.56 Å². The van der Waals surface area contributed by atoms with Gasteiger partial charge in [0.15, 0.2) is 5.43 Å². The second kappa shape index (κ2) is 8.55. The summed E-state index contributed by atoms with van der Waals surface area (Å²) in [6, 6.07) is 10.5. The Bertz CT molecular complexity index is 1260. The molecule has 1 aliphatic rings. The van der Waals surface area contributed by atoms with Gasteiger partial charge in [-0.1, -0.05) is 23.8 Å². The number of nitrogens with zero attached hydrogens (tertiary/aromatic N) is 2. The third-order valence-corrected chi connectivity index (χ3v) is 5.51. The largest absolute Gasteiger partial charge is 0.450 e. The van der Waals surface area contributed by atoms with E-state index in [1.165, 1.54) is 12.1 Å². The van der Waals surface area contributed by atoms with Crippen molar-refractivity contribution in [3.63, 3.8) is 0 Å². The van der Waals surface area contributed by atoms with E-state index in [0.29, 0.717) is 36.1 Å². The maximum absolute atomic E-state index is 13.5. The molecule has 1 aromatic heterocycles. The van der Waals surface area contributed by atoms with Crippen molar-refractivity contribution in [1.82, 2.24) is 4.90 Å². The third kappa shape index (κ3) is 3.89. The van der Waals surface area contributed by atoms with E-state index in [1.54, 1.807) is 29.2 Å². The van der Waals surface area contributed by atoms with Gasteiger partial charge in [0.05, 0.1) is 28.0 Å². The smallest absolute Gasteiger partial charge is 0.290 e. The van der Waals surface area contributed by atoms with E-state index >= 15 is 0 Å². The highest BCUT2D eigenvalue weighted by Crippen LogP contribution is 2.39. The molecule has 0 radical (unpaired) electrons. The van der Waals surface area contributed by atoms with Crippen molar-refractivity contribution in [2.45, 2.75) is 39.3 Å². The van der Waals surface area contributed by atoms with Crippen molar-refractivity contribution in [1.29, 1.82) is 0 Å². The fraction of sp³-hybridized carbons (Fsp3) is 0.333. The lowest BCUT2D eigenvalue weighted by Gasteiger charge is -2.25. The fourth-order valence-corrected chi connectivity index (χ4v) is 4.07. The number of aryl methyl sites for hydroxylation is 1. The van der Waals surface area contributed by atoms with Gasteiger partial charge in [-0.2, -0.15) is 0 Å². The Labute approximate surface area is 184 Å². The lowest BCUT2D eigenvalue weighted by Crippen LogP contribution is -2.31. The van der Waals surface area contributed by atoms with Gasteiger partial charge in [0.2, 0.25) is 5.76 Å². The summed E-state index contributed by atoms with van der Waals surface area (Å²) < 4.78 is 11.5. The van der Waals surface area contributed by atoms with E-state index in [2.05, 4.69) is 0 Å². The van der Waals surface area contributed by atoms with Crippen LogP contribution in [0.1, 0.15) is 53.6 Å². The molecule has 8 heteroatoms. The van der Waals surface area contributed by atoms with Gasteiger partial charge in [0.1, 0.15) is 5.58 Å². The number of hydrogen-bond donors (Lipinski definition) is 0. The first-order valence-electron chi connectivity index (χ1n) is 10.5. The summed E-state index contributed by atoms with van der Waals surface area (Å²) in [5, 5.41) is 11.7. The first kappa shape index (κ1) is 21.7. The summed E-state index contributed by atoms with van der Waals surface area (Å²) in [5.41, 5.74) is 1.55. The van der Waals surface area contributed by atoms with Crippen LogP contribution in [0.5, 0.6) is 0 Å². The zero-order chi connectivity index (χ0) is 23.0. The van der Waals surface area contributed by atoms with Crippen molar-refractivity contribution in [3.05, 3.63) is 85.3 Å². The number of carbonyl (C=O) groups is 1. The molecule has 0 bridgehead atoms. The molecule has 0 aliphatic carbocycles. The molecule has 0 saturated heterocycles. The second-order valence-corrected chi connectivity index (χ2v) is 8.20. The molecule has 1 atom stereocenters. The Balaban J connectivity index is 1.85. The summed E-state index contributed by atoms with van der Waals surface area (Å²) in [6.45, 7) is 6.49. The van der Waals surface area contributed by atoms with E-state index in [-0.39, 0.29) is 28.5 Å². The molecule has 1 amide bonds. The first-order chi connectivity index (χ1) is 15.3. The summed E-state index contributed by atoms with van der Waals surface area (Å²) in [4.78, 5) is 39.2. The maximum atomic E-state index is 13.5. The van der Waals surface area contributed by atoms with Gasteiger partial charge in [0, 0.05) is 25.3 Å². The minimum absolute atomic E-state index is 0.00682. The molecule has 4 rings (SSSR count). The number of carbonyl (C=O) groups excluding carboxylic acids is 1. The summed E-state index contributed by atoms with van der Waals surface area (Å²) in [7, 11) is 0. The molecule has 0 N–H and O–H groups in total. The molecular weight excluding hydrogens is 412 g/mol. The zero-order valence-electron chi connectivity index (χ0n) is 18.2. The first-order valence-corrected chi connectivity index (χ1v) is 10.5. The van der Waals surface area contributed by atoms with Crippen LogP contribution in [0.2, 0.25) is 0 Å². The summed E-state index contributed by atoms with van der Waals surface area (Å²) in [5.74, 6) is -0.409. The quantitative estimate of drug-likeness (QED) is 0.310. The number of hydrogen-bond acceptors (Lipinski definition) is 6. The van der Waals surface area contributed by atoms with Gasteiger partial charge in [-0.3, -0.25) is 19.7 Å². The van der Waals surface area contributed by atoms with Crippen LogP contribution in [0.3, 0.4) is 0 Å². The minimum Gasteiger partial charge on any atom is -0.450 e. The average molecular weight is 436 g/mol. The molecule has 2 aromatic carbocycles. The molecule has 0 saturated carbocycles. The Morgan fingerprint density at radius 1 is 1.19 bits per heavy atom. The summed E-state index contributed by atoms with van der Waals surface area (Å²) >= 11 is 0. The fourth-order valence-electron chi connectivity index (χ4n) is 4.07. The molecule has 3 aromatic rings. The monoisotopic (exact) mass is 436 g/mol. The number of benzene rings is 2. The van der Waals surface area contributed by atoms with E-state index in [1.807, 2.05) is 26.8 Å². The van der Waals surface area contributed by atoms with Gasteiger partial charge in [-0.05, 0) is 44.9 Å². The number of ether oxygens (including phenoxy) is 1. The second-order valence-electron chi connectivity index (χ2n) is 8.20. The van der Waals surface area contributed by atoms with Gasteiger partial charge in [0.25, 0.3) is 11.6 Å². The number of rotatable bonds is 7. The highest BCUT2D eigenvalue weighted by Gasteiger charge is 2.42. The van der Waals surface area contributed by atoms with Crippen molar-refractivity contribution < 1.29 is 18.9 Å². The van der Waals surface area contributed by atoms with Crippen LogP contribution < -0.4 is 5.43 Å². The van der Waals surface area contributed by atoms with Crippen LogP contribution >= 0.6 is 0 Å². The van der Waals surface area contributed by atoms with Crippen molar-refractivity contribution >= 4 is 22.6 Å². The molecular formula is C24H24N2O6. The van der Waals surface area contributed by atoms with Gasteiger partial charge < -0.3 is 14.1 Å². The highest BCUT2D eigenvalue weighted by molar-refractivity contribution is 5.99. The van der Waals surface area contributed by atoms with E-state index in [9.17, 15) is 19.7 Å². The standard InChI is InChI=1S/C24H24N2O6/c1-14(2)31-11-5-10-25-21(16-6-4-7-17(13-16)26(29)30)20-22(27)18-12-15(3)8-9-19(18)32-23(20)24(25)28/h4,6-9,12-14,21H,5,10-11H2,1-3H3. The summed E-state index contributed by atoms with van der Waals surface area (Å²) in [6.07, 6.45) is 0.613. The predicted molar refractivity (Wildman–Crippen MR) is 119 cm³/mol. The van der Waals surface area contributed by atoms with E-state index in [4.69, 9.17) is 9.15 Å². The number of fused-ring (bicyclic) bond motifs is 2. The number of amides is 1.